The second kappa shape index (κ2) is 11.4. The summed E-state index contributed by atoms with van der Waals surface area (Å²) in [6.07, 6.45) is 1.84. The van der Waals surface area contributed by atoms with Gasteiger partial charge in [-0.3, -0.25) is 14.8 Å². The molecule has 0 unspecified atom stereocenters. The van der Waals surface area contributed by atoms with Gasteiger partial charge in [-0.2, -0.15) is 4.31 Å². The minimum atomic E-state index is -3.79. The first-order valence-electron chi connectivity index (χ1n) is 12.5. The number of hydrazine groups is 1. The molecule has 2 fully saturated rings. The van der Waals surface area contributed by atoms with Crippen molar-refractivity contribution in [2.24, 2.45) is 0 Å². The third kappa shape index (κ3) is 5.77. The highest BCUT2D eigenvalue weighted by Gasteiger charge is 2.36. The van der Waals surface area contributed by atoms with Crippen molar-refractivity contribution in [2.75, 3.05) is 44.7 Å². The first kappa shape index (κ1) is 28.6. The van der Waals surface area contributed by atoms with E-state index in [4.69, 9.17) is 11.6 Å². The lowest BCUT2D eigenvalue weighted by Gasteiger charge is -2.45. The van der Waals surface area contributed by atoms with E-state index in [0.29, 0.717) is 11.6 Å². The van der Waals surface area contributed by atoms with Gasteiger partial charge >= 0.3 is 0 Å². The number of nitrogens with zero attached hydrogens (tertiary/aromatic N) is 5. The minimum Gasteiger partial charge on any atom is -0.371 e. The van der Waals surface area contributed by atoms with Crippen LogP contribution in [0.5, 0.6) is 0 Å². The summed E-state index contributed by atoms with van der Waals surface area (Å²) in [5.41, 5.74) is 3.22. The number of anilines is 1. The molecule has 3 aromatic rings. The number of hydrogen-bond acceptors (Lipinski definition) is 6. The van der Waals surface area contributed by atoms with Gasteiger partial charge in [0, 0.05) is 54.8 Å². The monoisotopic (exact) mass is 577 g/mol. The number of hydrogen-bond donors (Lipinski definition) is 0. The molecule has 1 amide bonds. The maximum atomic E-state index is 13.3. The summed E-state index contributed by atoms with van der Waals surface area (Å²) in [7, 11) is -1.85. The number of benzene rings is 2. The molecule has 2 aliphatic rings. The summed E-state index contributed by atoms with van der Waals surface area (Å²) >= 11 is 6.05. The van der Waals surface area contributed by atoms with Crippen molar-refractivity contribution in [2.45, 2.75) is 37.6 Å². The first-order valence-corrected chi connectivity index (χ1v) is 14.4. The second-order valence-corrected chi connectivity index (χ2v) is 12.3. The lowest BCUT2D eigenvalue weighted by atomic mass is 10.0. The highest BCUT2D eigenvalue weighted by molar-refractivity contribution is 7.89. The van der Waals surface area contributed by atoms with E-state index in [1.54, 1.807) is 41.4 Å². The van der Waals surface area contributed by atoms with E-state index < -0.39 is 10.0 Å². The van der Waals surface area contributed by atoms with Crippen LogP contribution in [0, 0.1) is 13.8 Å². The molecule has 0 aliphatic carbocycles. The van der Waals surface area contributed by atoms with Gasteiger partial charge in [0.2, 0.25) is 10.0 Å². The van der Waals surface area contributed by atoms with E-state index in [2.05, 4.69) is 22.0 Å². The average molecular weight is 579 g/mol. The molecule has 11 heteroatoms. The molecule has 0 spiro atoms. The molecule has 1 aromatic heterocycles. The summed E-state index contributed by atoms with van der Waals surface area (Å²) in [4.78, 5) is 20.2. The van der Waals surface area contributed by atoms with Crippen molar-refractivity contribution >= 4 is 56.4 Å². The molecule has 0 atom stereocenters. The largest absolute Gasteiger partial charge is 0.371 e. The number of pyridine rings is 1. The third-order valence-electron chi connectivity index (χ3n) is 7.38. The van der Waals surface area contributed by atoms with E-state index in [-0.39, 0.29) is 42.3 Å². The molecular weight excluding hydrogens is 545 g/mol. The number of halogens is 2. The predicted molar refractivity (Wildman–Crippen MR) is 153 cm³/mol. The lowest BCUT2D eigenvalue weighted by molar-refractivity contribution is -0.156. The van der Waals surface area contributed by atoms with Crippen molar-refractivity contribution < 1.29 is 13.2 Å². The maximum absolute atomic E-state index is 13.3. The Kier molecular flexibility index (Phi) is 8.54. The fraction of sp³-hybridized carbons (Fsp3) is 0.407. The Morgan fingerprint density at radius 3 is 2.21 bits per heavy atom. The van der Waals surface area contributed by atoms with Crippen LogP contribution in [-0.4, -0.2) is 79.4 Å². The van der Waals surface area contributed by atoms with Crippen LogP contribution in [0.25, 0.3) is 10.8 Å². The topological polar surface area (TPSA) is 77.1 Å². The van der Waals surface area contributed by atoms with Crippen molar-refractivity contribution in [3.05, 3.63) is 64.9 Å². The van der Waals surface area contributed by atoms with Crippen LogP contribution in [0.3, 0.4) is 0 Å². The summed E-state index contributed by atoms with van der Waals surface area (Å²) in [5.74, 6) is -0.201. The van der Waals surface area contributed by atoms with Crippen molar-refractivity contribution in [1.82, 2.24) is 19.3 Å². The van der Waals surface area contributed by atoms with Crippen LogP contribution >= 0.6 is 24.0 Å². The molecule has 2 aliphatic heterocycles. The minimum absolute atomic E-state index is 0. The van der Waals surface area contributed by atoms with Crippen molar-refractivity contribution in [3.63, 3.8) is 0 Å². The number of amides is 1. The van der Waals surface area contributed by atoms with Gasteiger partial charge < -0.3 is 4.90 Å². The number of fused-ring (bicyclic) bond motifs is 1. The molecule has 38 heavy (non-hydrogen) atoms. The number of sulfonamides is 1. The smallest absolute Gasteiger partial charge is 0.252 e. The molecular formula is C27H33Cl2N5O3S. The molecule has 5 rings (SSSR count). The first-order chi connectivity index (χ1) is 17.6. The summed E-state index contributed by atoms with van der Waals surface area (Å²) in [6, 6.07) is 14.8. The van der Waals surface area contributed by atoms with Gasteiger partial charge in [0.1, 0.15) is 0 Å². The summed E-state index contributed by atoms with van der Waals surface area (Å²) < 4.78 is 28.0. The quantitative estimate of drug-likeness (QED) is 0.450. The molecule has 0 bridgehead atoms. The van der Waals surface area contributed by atoms with Crippen molar-refractivity contribution in [3.8, 4) is 0 Å². The van der Waals surface area contributed by atoms with E-state index in [9.17, 15) is 13.2 Å². The molecule has 0 saturated carbocycles. The molecule has 3 heterocycles. The number of piperidine rings is 1. The zero-order valence-corrected chi connectivity index (χ0v) is 24.2. The van der Waals surface area contributed by atoms with Crippen LogP contribution in [0.4, 0.5) is 5.69 Å². The Hall–Kier alpha value is -2.43. The van der Waals surface area contributed by atoms with E-state index in [0.717, 1.165) is 48.1 Å². The van der Waals surface area contributed by atoms with Gasteiger partial charge in [0.05, 0.1) is 18.0 Å². The lowest BCUT2D eigenvalue weighted by Crippen LogP contribution is -2.60. The Bertz CT molecular complexity index is 1420. The molecule has 0 N–H and O–H groups in total. The van der Waals surface area contributed by atoms with Crippen LogP contribution in [-0.2, 0) is 14.8 Å². The summed E-state index contributed by atoms with van der Waals surface area (Å²) in [6.45, 7) is 6.24. The predicted octanol–water partition coefficient (Wildman–Crippen LogP) is 4.28. The van der Waals surface area contributed by atoms with Crippen LogP contribution in [0.1, 0.15) is 24.2 Å². The fourth-order valence-corrected chi connectivity index (χ4v) is 6.97. The Morgan fingerprint density at radius 1 is 0.921 bits per heavy atom. The fourth-order valence-electron chi connectivity index (χ4n) is 5.38. The summed E-state index contributed by atoms with van der Waals surface area (Å²) in [5, 5.41) is 6.00. The number of piperazine rings is 1. The zero-order chi connectivity index (χ0) is 26.3. The molecule has 2 saturated heterocycles. The normalized spacial score (nSPS) is 17.8. The van der Waals surface area contributed by atoms with Crippen LogP contribution in [0.15, 0.2) is 53.4 Å². The van der Waals surface area contributed by atoms with E-state index in [1.807, 2.05) is 25.9 Å². The van der Waals surface area contributed by atoms with Crippen molar-refractivity contribution in [1.29, 1.82) is 0 Å². The van der Waals surface area contributed by atoms with E-state index >= 15 is 0 Å². The average Bonchev–Trinajstić information content (AvgIpc) is 2.87. The highest BCUT2D eigenvalue weighted by atomic mass is 35.5. The SMILES string of the molecule is Cc1cc(N2CCC(N(C)N3CCN(S(=O)(=O)c4ccc5cc(Cl)ccc5c4)CC3=O)CC2)cc(C)n1.Cl. The Morgan fingerprint density at radius 2 is 1.55 bits per heavy atom. The number of rotatable bonds is 5. The zero-order valence-electron chi connectivity index (χ0n) is 21.8. The Labute approximate surface area is 235 Å². The number of aromatic nitrogens is 1. The Balaban J connectivity index is 0.00000336. The standard InChI is InChI=1S/C27H32ClN5O3S.ClH/c1-19-14-25(15-20(2)29-19)31-10-8-24(9-11-31)30(3)33-13-12-32(18-27(33)34)37(35,36)26-7-5-21-16-23(28)6-4-22(21)17-26;/h4-7,14-17,24H,8-13,18H2,1-3H3;1H. The number of carbonyl (C=O) groups excluding carboxylic acids is 1. The van der Waals surface area contributed by atoms with Crippen LogP contribution < -0.4 is 4.90 Å². The van der Waals surface area contributed by atoms with Gasteiger partial charge in [-0.15, -0.1) is 12.4 Å². The molecule has 0 radical (unpaired) electrons. The van der Waals surface area contributed by atoms with Gasteiger partial charge in [-0.05, 0) is 73.9 Å². The van der Waals surface area contributed by atoms with E-state index in [1.165, 1.54) is 9.99 Å². The molecule has 8 nitrogen and oxygen atoms in total. The van der Waals surface area contributed by atoms with Gasteiger partial charge in [-0.1, -0.05) is 23.7 Å². The maximum Gasteiger partial charge on any atom is 0.252 e. The van der Waals surface area contributed by atoms with Crippen LogP contribution in [0.2, 0.25) is 5.02 Å². The third-order valence-corrected chi connectivity index (χ3v) is 9.45. The number of aryl methyl sites for hydroxylation is 2. The van der Waals surface area contributed by atoms with Gasteiger partial charge in [0.15, 0.2) is 0 Å². The van der Waals surface area contributed by atoms with Gasteiger partial charge in [0.25, 0.3) is 5.91 Å². The highest BCUT2D eigenvalue weighted by Crippen LogP contribution is 2.27. The number of carbonyl (C=O) groups is 1. The second-order valence-electron chi connectivity index (χ2n) is 9.91. The van der Waals surface area contributed by atoms with Gasteiger partial charge in [-0.25, -0.2) is 13.4 Å². The molecule has 2 aromatic carbocycles. The molecule has 204 valence electrons.